The van der Waals surface area contributed by atoms with Crippen LogP contribution < -0.4 is 5.73 Å². The molecule has 2 aromatic heterocycles. The number of nitrogen functional groups attached to an aromatic ring is 1. The Balaban J connectivity index is 2.22. The molecule has 2 heterocycles. The molecular formula is C13H11ClN4. The van der Waals surface area contributed by atoms with Gasteiger partial charge in [0.2, 0.25) is 0 Å². The predicted octanol–water partition coefficient (Wildman–Crippen LogP) is 2.94. The topological polar surface area (TPSA) is 56.2 Å². The van der Waals surface area contributed by atoms with Crippen molar-refractivity contribution in [2.24, 2.45) is 0 Å². The van der Waals surface area contributed by atoms with Crippen molar-refractivity contribution in [3.8, 4) is 11.4 Å². The van der Waals surface area contributed by atoms with Crippen molar-refractivity contribution >= 4 is 22.9 Å². The second-order valence-electron chi connectivity index (χ2n) is 4.19. The average Bonchev–Trinajstić information content (AvgIpc) is 2.75. The van der Waals surface area contributed by atoms with Crippen LogP contribution in [0.15, 0.2) is 36.5 Å². The summed E-state index contributed by atoms with van der Waals surface area (Å²) in [5.74, 6) is 0.756. The van der Waals surface area contributed by atoms with Gasteiger partial charge in [-0.05, 0) is 42.8 Å². The maximum Gasteiger partial charge on any atom is 0.168 e. The maximum atomic E-state index is 6.02. The van der Waals surface area contributed by atoms with Crippen LogP contribution in [-0.2, 0) is 0 Å². The Morgan fingerprint density at radius 1 is 1.17 bits per heavy atom. The molecule has 0 saturated carbocycles. The van der Waals surface area contributed by atoms with Crippen molar-refractivity contribution in [1.82, 2.24) is 14.6 Å². The molecule has 0 saturated heterocycles. The molecule has 0 amide bonds. The third kappa shape index (κ3) is 1.71. The number of aryl methyl sites for hydroxylation is 1. The molecule has 0 aliphatic rings. The largest absolute Gasteiger partial charge is 0.398 e. The molecule has 0 aliphatic carbocycles. The Morgan fingerprint density at radius 2 is 2.00 bits per heavy atom. The fourth-order valence-electron chi connectivity index (χ4n) is 1.86. The second-order valence-corrected chi connectivity index (χ2v) is 4.60. The number of halogens is 1. The van der Waals surface area contributed by atoms with Gasteiger partial charge in [0.15, 0.2) is 11.5 Å². The summed E-state index contributed by atoms with van der Waals surface area (Å²) in [6, 6.07) is 9.45. The molecule has 0 bridgehead atoms. The highest BCUT2D eigenvalue weighted by molar-refractivity contribution is 6.33. The molecule has 1 aromatic carbocycles. The van der Waals surface area contributed by atoms with Gasteiger partial charge in [-0.15, -0.1) is 10.2 Å². The van der Waals surface area contributed by atoms with E-state index in [0.717, 1.165) is 22.6 Å². The van der Waals surface area contributed by atoms with Crippen LogP contribution in [0.4, 0.5) is 5.69 Å². The van der Waals surface area contributed by atoms with Gasteiger partial charge in [-0.1, -0.05) is 11.6 Å². The molecular weight excluding hydrogens is 248 g/mol. The van der Waals surface area contributed by atoms with E-state index in [1.54, 1.807) is 12.1 Å². The van der Waals surface area contributed by atoms with Crippen molar-refractivity contribution in [2.45, 2.75) is 6.92 Å². The van der Waals surface area contributed by atoms with E-state index in [-0.39, 0.29) is 0 Å². The first-order valence-electron chi connectivity index (χ1n) is 5.52. The number of aromatic nitrogens is 3. The molecule has 2 N–H and O–H groups in total. The van der Waals surface area contributed by atoms with Gasteiger partial charge in [-0.25, -0.2) is 0 Å². The number of benzene rings is 1. The van der Waals surface area contributed by atoms with Gasteiger partial charge >= 0.3 is 0 Å². The van der Waals surface area contributed by atoms with Crippen LogP contribution in [0.25, 0.3) is 17.0 Å². The average molecular weight is 259 g/mol. The number of pyridine rings is 1. The zero-order valence-corrected chi connectivity index (χ0v) is 10.5. The summed E-state index contributed by atoms with van der Waals surface area (Å²) in [6.45, 7) is 2.02. The summed E-state index contributed by atoms with van der Waals surface area (Å²) in [6.07, 6.45) is 1.95. The monoisotopic (exact) mass is 258 g/mol. The zero-order chi connectivity index (χ0) is 12.7. The normalized spacial score (nSPS) is 11.0. The summed E-state index contributed by atoms with van der Waals surface area (Å²) in [5, 5.41) is 8.86. The highest BCUT2D eigenvalue weighted by Crippen LogP contribution is 2.26. The van der Waals surface area contributed by atoms with Crippen LogP contribution in [0.1, 0.15) is 5.56 Å². The Morgan fingerprint density at radius 3 is 2.78 bits per heavy atom. The summed E-state index contributed by atoms with van der Waals surface area (Å²) < 4.78 is 1.93. The van der Waals surface area contributed by atoms with Gasteiger partial charge in [-0.3, -0.25) is 4.40 Å². The molecule has 0 fully saturated rings. The van der Waals surface area contributed by atoms with Gasteiger partial charge in [-0.2, -0.15) is 0 Å². The minimum absolute atomic E-state index is 0.524. The fourth-order valence-corrected chi connectivity index (χ4v) is 2.04. The van der Waals surface area contributed by atoms with Crippen LogP contribution in [0.2, 0.25) is 5.02 Å². The lowest BCUT2D eigenvalue weighted by Crippen LogP contribution is -1.91. The Hall–Kier alpha value is -2.07. The first kappa shape index (κ1) is 11.0. The third-order valence-electron chi connectivity index (χ3n) is 2.82. The number of anilines is 1. The van der Waals surface area contributed by atoms with E-state index in [1.807, 2.05) is 35.7 Å². The van der Waals surface area contributed by atoms with E-state index in [1.165, 1.54) is 0 Å². The fraction of sp³-hybridized carbons (Fsp3) is 0.0769. The minimum Gasteiger partial charge on any atom is -0.398 e. The molecule has 18 heavy (non-hydrogen) atoms. The van der Waals surface area contributed by atoms with E-state index in [0.29, 0.717) is 10.7 Å². The van der Waals surface area contributed by atoms with Crippen LogP contribution in [0, 0.1) is 6.92 Å². The molecule has 0 atom stereocenters. The molecule has 0 aliphatic heterocycles. The first-order chi connectivity index (χ1) is 8.65. The number of nitrogens with two attached hydrogens (primary N) is 1. The predicted molar refractivity (Wildman–Crippen MR) is 72.6 cm³/mol. The van der Waals surface area contributed by atoms with E-state index < -0.39 is 0 Å². The van der Waals surface area contributed by atoms with Gasteiger partial charge in [0.25, 0.3) is 0 Å². The lowest BCUT2D eigenvalue weighted by molar-refractivity contribution is 1.11. The molecule has 3 aromatic rings. The standard InChI is InChI=1S/C13H11ClN4/c1-8-4-5-18-12(6-8)16-17-13(18)9-2-3-11(15)10(14)7-9/h2-7H,15H2,1H3. The quantitative estimate of drug-likeness (QED) is 0.683. The number of hydrogen-bond donors (Lipinski definition) is 1. The molecule has 90 valence electrons. The zero-order valence-electron chi connectivity index (χ0n) is 9.76. The molecule has 0 spiro atoms. The van der Waals surface area contributed by atoms with Gasteiger partial charge in [0.05, 0.1) is 10.7 Å². The molecule has 0 unspecified atom stereocenters. The van der Waals surface area contributed by atoms with E-state index in [2.05, 4.69) is 10.2 Å². The number of rotatable bonds is 1. The lowest BCUT2D eigenvalue weighted by atomic mass is 10.2. The highest BCUT2D eigenvalue weighted by atomic mass is 35.5. The van der Waals surface area contributed by atoms with Crippen LogP contribution in [0.5, 0.6) is 0 Å². The van der Waals surface area contributed by atoms with E-state index in [4.69, 9.17) is 17.3 Å². The Bertz CT molecular complexity index is 733. The maximum absolute atomic E-state index is 6.02. The summed E-state index contributed by atoms with van der Waals surface area (Å²) in [4.78, 5) is 0. The SMILES string of the molecule is Cc1ccn2c(-c3ccc(N)c(Cl)c3)nnc2c1. The van der Waals surface area contributed by atoms with E-state index in [9.17, 15) is 0 Å². The minimum atomic E-state index is 0.524. The second kappa shape index (κ2) is 3.99. The van der Waals surface area contributed by atoms with Gasteiger partial charge in [0, 0.05) is 11.8 Å². The van der Waals surface area contributed by atoms with Crippen molar-refractivity contribution in [1.29, 1.82) is 0 Å². The Labute approximate surface area is 109 Å². The van der Waals surface area contributed by atoms with E-state index >= 15 is 0 Å². The first-order valence-corrected chi connectivity index (χ1v) is 5.90. The van der Waals surface area contributed by atoms with Crippen LogP contribution in [0.3, 0.4) is 0 Å². The third-order valence-corrected chi connectivity index (χ3v) is 3.15. The molecule has 0 radical (unpaired) electrons. The van der Waals surface area contributed by atoms with Crippen LogP contribution in [-0.4, -0.2) is 14.6 Å². The van der Waals surface area contributed by atoms with Crippen molar-refractivity contribution < 1.29 is 0 Å². The van der Waals surface area contributed by atoms with Crippen molar-refractivity contribution in [3.63, 3.8) is 0 Å². The summed E-state index contributed by atoms with van der Waals surface area (Å²) in [7, 11) is 0. The smallest absolute Gasteiger partial charge is 0.168 e. The number of hydrogen-bond acceptors (Lipinski definition) is 3. The lowest BCUT2D eigenvalue weighted by Gasteiger charge is -2.03. The number of fused-ring (bicyclic) bond motifs is 1. The van der Waals surface area contributed by atoms with Gasteiger partial charge in [0.1, 0.15) is 0 Å². The number of nitrogens with zero attached hydrogens (tertiary/aromatic N) is 3. The van der Waals surface area contributed by atoms with Crippen molar-refractivity contribution in [3.05, 3.63) is 47.1 Å². The highest BCUT2D eigenvalue weighted by Gasteiger charge is 2.09. The Kier molecular flexibility index (Phi) is 2.45. The van der Waals surface area contributed by atoms with Crippen molar-refractivity contribution in [2.75, 3.05) is 5.73 Å². The molecule has 4 nitrogen and oxygen atoms in total. The van der Waals surface area contributed by atoms with Crippen LogP contribution >= 0.6 is 11.6 Å². The van der Waals surface area contributed by atoms with Gasteiger partial charge < -0.3 is 5.73 Å². The summed E-state index contributed by atoms with van der Waals surface area (Å²) >= 11 is 6.02. The molecule has 3 rings (SSSR count). The summed E-state index contributed by atoms with van der Waals surface area (Å²) in [5.41, 5.74) is 9.12. The molecule has 5 heteroatoms.